The lowest BCUT2D eigenvalue weighted by atomic mass is 9.88. The Bertz CT molecular complexity index is 325. The molecule has 0 aromatic heterocycles. The number of hydrogen-bond donors (Lipinski definition) is 1. The first-order chi connectivity index (χ1) is 9.59. The molecule has 1 saturated heterocycles. The van der Waals surface area contributed by atoms with Gasteiger partial charge in [0.1, 0.15) is 0 Å². The molecular weight excluding hydrogens is 248 g/mol. The van der Waals surface area contributed by atoms with Gasteiger partial charge in [-0.1, -0.05) is 13.8 Å². The predicted octanol–water partition coefficient (Wildman–Crippen LogP) is 2.51. The Morgan fingerprint density at radius 1 is 1.25 bits per heavy atom. The van der Waals surface area contributed by atoms with E-state index in [4.69, 9.17) is 4.74 Å². The molecule has 2 atom stereocenters. The second-order valence-corrected chi connectivity index (χ2v) is 7.87. The first-order valence-corrected chi connectivity index (χ1v) is 8.66. The van der Waals surface area contributed by atoms with Gasteiger partial charge in [-0.15, -0.1) is 0 Å². The summed E-state index contributed by atoms with van der Waals surface area (Å²) in [7, 11) is 0. The zero-order valence-corrected chi connectivity index (χ0v) is 13.5. The van der Waals surface area contributed by atoms with Gasteiger partial charge in [-0.25, -0.2) is 0 Å². The highest BCUT2D eigenvalue weighted by Gasteiger charge is 2.49. The average Bonchev–Trinajstić information content (AvgIpc) is 3.29. The second kappa shape index (κ2) is 5.94. The Morgan fingerprint density at radius 2 is 2.00 bits per heavy atom. The third-order valence-electron chi connectivity index (χ3n) is 5.47. The van der Waals surface area contributed by atoms with E-state index in [2.05, 4.69) is 31.0 Å². The molecule has 3 fully saturated rings. The maximum atomic E-state index is 5.84. The van der Waals surface area contributed by atoms with E-state index >= 15 is 0 Å². The average molecular weight is 280 g/mol. The van der Waals surface area contributed by atoms with E-state index in [1.807, 2.05) is 0 Å². The number of hydrogen-bond acceptors (Lipinski definition) is 3. The van der Waals surface area contributed by atoms with Gasteiger partial charge in [0, 0.05) is 37.8 Å². The SMILES string of the molecule is CC(C)COCCN1CC(C2CC2)NCC1(C)C1CC1. The minimum absolute atomic E-state index is 0.382. The van der Waals surface area contributed by atoms with Crippen LogP contribution in [-0.2, 0) is 4.74 Å². The lowest BCUT2D eigenvalue weighted by Crippen LogP contribution is -2.65. The Balaban J connectivity index is 1.53. The highest BCUT2D eigenvalue weighted by molar-refractivity contribution is 5.06. The van der Waals surface area contributed by atoms with Gasteiger partial charge in [0.15, 0.2) is 0 Å². The summed E-state index contributed by atoms with van der Waals surface area (Å²) in [5.41, 5.74) is 0.382. The molecule has 3 aliphatic rings. The molecule has 0 amide bonds. The third kappa shape index (κ3) is 3.37. The van der Waals surface area contributed by atoms with Gasteiger partial charge in [0.25, 0.3) is 0 Å². The van der Waals surface area contributed by atoms with Crippen molar-refractivity contribution in [3.63, 3.8) is 0 Å². The standard InChI is InChI=1S/C17H32N2O/c1-13(2)11-20-9-8-19-10-16(14-4-5-14)18-12-17(19,3)15-6-7-15/h13-16,18H,4-12H2,1-3H3. The summed E-state index contributed by atoms with van der Waals surface area (Å²) in [5, 5.41) is 3.85. The molecule has 3 heteroatoms. The van der Waals surface area contributed by atoms with E-state index in [9.17, 15) is 0 Å². The van der Waals surface area contributed by atoms with Crippen LogP contribution in [0.4, 0.5) is 0 Å². The molecule has 0 aromatic rings. The topological polar surface area (TPSA) is 24.5 Å². The summed E-state index contributed by atoms with van der Waals surface area (Å²) in [6.45, 7) is 12.3. The van der Waals surface area contributed by atoms with Crippen molar-refractivity contribution in [2.75, 3.05) is 32.8 Å². The maximum absolute atomic E-state index is 5.84. The van der Waals surface area contributed by atoms with Gasteiger partial charge in [-0.05, 0) is 50.4 Å². The molecule has 20 heavy (non-hydrogen) atoms. The molecule has 116 valence electrons. The Labute approximate surface area is 124 Å². The van der Waals surface area contributed by atoms with Gasteiger partial charge in [-0.2, -0.15) is 0 Å². The Kier molecular flexibility index (Phi) is 4.40. The van der Waals surface area contributed by atoms with Crippen LogP contribution in [0.3, 0.4) is 0 Å². The van der Waals surface area contributed by atoms with Crippen molar-refractivity contribution in [3.05, 3.63) is 0 Å². The van der Waals surface area contributed by atoms with Crippen molar-refractivity contribution < 1.29 is 4.74 Å². The summed E-state index contributed by atoms with van der Waals surface area (Å²) in [4.78, 5) is 2.75. The van der Waals surface area contributed by atoms with E-state index in [0.717, 1.165) is 37.6 Å². The summed E-state index contributed by atoms with van der Waals surface area (Å²) < 4.78 is 5.84. The van der Waals surface area contributed by atoms with Crippen molar-refractivity contribution in [1.29, 1.82) is 0 Å². The van der Waals surface area contributed by atoms with Crippen molar-refractivity contribution >= 4 is 0 Å². The van der Waals surface area contributed by atoms with Crippen LogP contribution >= 0.6 is 0 Å². The van der Waals surface area contributed by atoms with Crippen LogP contribution in [-0.4, -0.2) is 49.3 Å². The van der Waals surface area contributed by atoms with E-state index < -0.39 is 0 Å². The molecule has 3 nitrogen and oxygen atoms in total. The Morgan fingerprint density at radius 3 is 2.60 bits per heavy atom. The minimum atomic E-state index is 0.382. The second-order valence-electron chi connectivity index (χ2n) is 7.87. The molecule has 2 unspecified atom stereocenters. The molecule has 1 aliphatic heterocycles. The zero-order valence-electron chi connectivity index (χ0n) is 13.5. The largest absolute Gasteiger partial charge is 0.380 e. The van der Waals surface area contributed by atoms with Crippen LogP contribution in [0.1, 0.15) is 46.5 Å². The van der Waals surface area contributed by atoms with E-state index in [1.54, 1.807) is 0 Å². The molecule has 1 heterocycles. The fourth-order valence-corrected chi connectivity index (χ4v) is 3.72. The van der Waals surface area contributed by atoms with E-state index in [0.29, 0.717) is 11.5 Å². The van der Waals surface area contributed by atoms with Crippen molar-refractivity contribution in [2.24, 2.45) is 17.8 Å². The third-order valence-corrected chi connectivity index (χ3v) is 5.47. The fourth-order valence-electron chi connectivity index (χ4n) is 3.72. The lowest BCUT2D eigenvalue weighted by Gasteiger charge is -2.49. The van der Waals surface area contributed by atoms with Crippen LogP contribution in [0.25, 0.3) is 0 Å². The highest BCUT2D eigenvalue weighted by atomic mass is 16.5. The van der Waals surface area contributed by atoms with Crippen LogP contribution in [0.5, 0.6) is 0 Å². The number of rotatable bonds is 7. The van der Waals surface area contributed by atoms with Gasteiger partial charge in [-0.3, -0.25) is 4.90 Å². The summed E-state index contributed by atoms with van der Waals surface area (Å²) in [6, 6.07) is 0.743. The molecule has 1 N–H and O–H groups in total. The molecule has 2 aliphatic carbocycles. The quantitative estimate of drug-likeness (QED) is 0.725. The lowest BCUT2D eigenvalue weighted by molar-refractivity contribution is 0.000269. The fraction of sp³-hybridized carbons (Fsp3) is 1.00. The highest BCUT2D eigenvalue weighted by Crippen LogP contribution is 2.45. The maximum Gasteiger partial charge on any atom is 0.0593 e. The van der Waals surface area contributed by atoms with Gasteiger partial charge >= 0.3 is 0 Å². The summed E-state index contributed by atoms with van der Waals surface area (Å²) in [6.07, 6.45) is 5.73. The molecule has 0 bridgehead atoms. The zero-order chi connectivity index (χ0) is 14.2. The van der Waals surface area contributed by atoms with Crippen molar-refractivity contribution in [3.8, 4) is 0 Å². The summed E-state index contributed by atoms with van der Waals surface area (Å²) in [5.74, 6) is 2.52. The van der Waals surface area contributed by atoms with Gasteiger partial charge in [0.2, 0.25) is 0 Å². The molecule has 3 rings (SSSR count). The van der Waals surface area contributed by atoms with Crippen LogP contribution in [0.2, 0.25) is 0 Å². The number of ether oxygens (including phenoxy) is 1. The summed E-state index contributed by atoms with van der Waals surface area (Å²) >= 11 is 0. The number of nitrogens with zero attached hydrogens (tertiary/aromatic N) is 1. The molecular formula is C17H32N2O. The first kappa shape index (κ1) is 14.8. The van der Waals surface area contributed by atoms with Gasteiger partial charge < -0.3 is 10.1 Å². The monoisotopic (exact) mass is 280 g/mol. The minimum Gasteiger partial charge on any atom is -0.380 e. The van der Waals surface area contributed by atoms with Crippen LogP contribution < -0.4 is 5.32 Å². The van der Waals surface area contributed by atoms with Crippen LogP contribution in [0, 0.1) is 17.8 Å². The number of piperazine rings is 1. The smallest absolute Gasteiger partial charge is 0.0593 e. The van der Waals surface area contributed by atoms with Crippen molar-refractivity contribution in [2.45, 2.75) is 58.0 Å². The van der Waals surface area contributed by atoms with Gasteiger partial charge in [0.05, 0.1) is 6.61 Å². The van der Waals surface area contributed by atoms with Crippen LogP contribution in [0.15, 0.2) is 0 Å². The van der Waals surface area contributed by atoms with E-state index in [-0.39, 0.29) is 0 Å². The molecule has 2 saturated carbocycles. The molecule has 0 aromatic carbocycles. The first-order valence-electron chi connectivity index (χ1n) is 8.66. The molecule has 0 radical (unpaired) electrons. The van der Waals surface area contributed by atoms with E-state index in [1.165, 1.54) is 38.8 Å². The predicted molar refractivity (Wildman–Crippen MR) is 82.9 cm³/mol. The van der Waals surface area contributed by atoms with Crippen molar-refractivity contribution in [1.82, 2.24) is 10.2 Å². The molecule has 0 spiro atoms. The number of nitrogens with one attached hydrogen (secondary N) is 1. The Hall–Kier alpha value is -0.120. The normalized spacial score (nSPS) is 35.7.